The van der Waals surface area contributed by atoms with Gasteiger partial charge in [0.1, 0.15) is 11.9 Å². The number of halogens is 1. The number of likely N-dealkylation sites (N-methyl/N-ethyl adjacent to an activating group) is 1. The maximum absolute atomic E-state index is 13.5. The molecule has 0 aliphatic carbocycles. The van der Waals surface area contributed by atoms with Crippen molar-refractivity contribution >= 4 is 43.2 Å². The van der Waals surface area contributed by atoms with Gasteiger partial charge in [-0.25, -0.2) is 16.8 Å². The summed E-state index contributed by atoms with van der Waals surface area (Å²) >= 11 is 5.90. The van der Waals surface area contributed by atoms with Gasteiger partial charge < -0.3 is 14.7 Å². The maximum atomic E-state index is 13.5. The fourth-order valence-electron chi connectivity index (χ4n) is 4.78. The maximum Gasteiger partial charge on any atom is 0.261 e. The zero-order chi connectivity index (χ0) is 31.5. The Morgan fingerprint density at radius 2 is 1.67 bits per heavy atom. The minimum absolute atomic E-state index is 0.0161. The van der Waals surface area contributed by atoms with Crippen LogP contribution in [0.15, 0.2) is 76.5 Å². The Balaban J connectivity index is 1.68. The molecule has 1 heterocycles. The van der Waals surface area contributed by atoms with Crippen molar-refractivity contribution in [2.24, 2.45) is 5.92 Å². The number of aliphatic hydroxyl groups excluding tert-OH is 1. The van der Waals surface area contributed by atoms with E-state index in [4.69, 9.17) is 16.3 Å². The molecule has 1 aliphatic rings. The van der Waals surface area contributed by atoms with Crippen molar-refractivity contribution in [3.8, 4) is 5.75 Å². The molecule has 232 valence electrons. The first-order valence-electron chi connectivity index (χ1n) is 13.7. The number of hydrogen-bond donors (Lipinski definition) is 2. The fraction of sp³-hybridized carbons (Fsp3) is 0.367. The average molecular weight is 650 g/mol. The monoisotopic (exact) mass is 649 g/mol. The van der Waals surface area contributed by atoms with Gasteiger partial charge >= 0.3 is 0 Å². The van der Waals surface area contributed by atoms with Gasteiger partial charge in [-0.3, -0.25) is 9.52 Å². The lowest BCUT2D eigenvalue weighted by atomic mass is 10.0. The molecule has 0 saturated heterocycles. The van der Waals surface area contributed by atoms with E-state index in [1.54, 1.807) is 42.2 Å². The molecule has 1 aliphatic heterocycles. The molecule has 0 fully saturated rings. The van der Waals surface area contributed by atoms with Crippen molar-refractivity contribution < 1.29 is 31.5 Å². The van der Waals surface area contributed by atoms with E-state index in [0.29, 0.717) is 16.3 Å². The number of sulfonamides is 2. The molecule has 0 saturated carbocycles. The summed E-state index contributed by atoms with van der Waals surface area (Å²) in [5.74, 6) is -0.279. The molecule has 3 aromatic rings. The quantitative estimate of drug-likeness (QED) is 0.359. The van der Waals surface area contributed by atoms with Crippen LogP contribution < -0.4 is 9.46 Å². The smallest absolute Gasteiger partial charge is 0.261 e. The van der Waals surface area contributed by atoms with Crippen LogP contribution in [0.5, 0.6) is 5.75 Å². The summed E-state index contributed by atoms with van der Waals surface area (Å²) in [6.45, 7) is 5.40. The minimum Gasteiger partial charge on any atom is -0.488 e. The van der Waals surface area contributed by atoms with Crippen LogP contribution in [-0.2, 0) is 31.3 Å². The average Bonchev–Trinajstić information content (AvgIpc) is 3.00. The number of anilines is 1. The Kier molecular flexibility index (Phi) is 10.1. The highest BCUT2D eigenvalue weighted by atomic mass is 35.5. The van der Waals surface area contributed by atoms with Crippen molar-refractivity contribution in [2.45, 2.75) is 49.1 Å². The summed E-state index contributed by atoms with van der Waals surface area (Å²) in [7, 11) is -6.31. The van der Waals surface area contributed by atoms with Crippen LogP contribution in [-0.4, -0.2) is 75.9 Å². The van der Waals surface area contributed by atoms with E-state index in [0.717, 1.165) is 5.56 Å². The largest absolute Gasteiger partial charge is 0.488 e. The van der Waals surface area contributed by atoms with Crippen LogP contribution >= 0.6 is 11.6 Å². The third-order valence-corrected chi connectivity index (χ3v) is 10.9. The number of rotatable bonds is 9. The zero-order valence-electron chi connectivity index (χ0n) is 24.4. The molecule has 0 spiro atoms. The molecule has 3 aromatic carbocycles. The van der Waals surface area contributed by atoms with Crippen LogP contribution in [0.2, 0.25) is 5.02 Å². The van der Waals surface area contributed by atoms with Crippen LogP contribution in [0.3, 0.4) is 0 Å². The second kappa shape index (κ2) is 13.2. The number of carbonyl (C=O) groups excluding carboxylic acids is 1. The third kappa shape index (κ3) is 7.68. The van der Waals surface area contributed by atoms with E-state index >= 15 is 0 Å². The lowest BCUT2D eigenvalue weighted by Gasteiger charge is -2.33. The van der Waals surface area contributed by atoms with Gasteiger partial charge in [0.25, 0.3) is 10.0 Å². The number of benzene rings is 3. The van der Waals surface area contributed by atoms with Gasteiger partial charge in [-0.05, 0) is 68.4 Å². The molecular weight excluding hydrogens is 614 g/mol. The number of fused-ring (bicyclic) bond motifs is 1. The summed E-state index contributed by atoms with van der Waals surface area (Å²) in [5, 5.41) is 10.3. The van der Waals surface area contributed by atoms with Gasteiger partial charge in [0, 0.05) is 35.8 Å². The van der Waals surface area contributed by atoms with Gasteiger partial charge in [-0.15, -0.1) is 0 Å². The lowest BCUT2D eigenvalue weighted by molar-refractivity contribution is -0.134. The SMILES string of the molecule is Cc1ccc(S(=O)(=O)N(C)C[C@H]2Oc3ccc(NS(=O)(=O)c4ccc(Cl)cc4)cc3CC(=O)N([C@H](C)CO)C[C@@H]2C)cc1. The van der Waals surface area contributed by atoms with Crippen molar-refractivity contribution in [3.63, 3.8) is 0 Å². The predicted molar refractivity (Wildman–Crippen MR) is 165 cm³/mol. The number of carbonyl (C=O) groups is 1. The summed E-state index contributed by atoms with van der Waals surface area (Å²) in [6.07, 6.45) is -0.799. The van der Waals surface area contributed by atoms with E-state index in [1.807, 2.05) is 13.8 Å². The summed E-state index contributed by atoms with van der Waals surface area (Å²) in [6, 6.07) is 16.4. The van der Waals surface area contributed by atoms with Crippen molar-refractivity contribution in [1.29, 1.82) is 0 Å². The van der Waals surface area contributed by atoms with Gasteiger partial charge in [0.2, 0.25) is 15.9 Å². The number of hydrogen-bond acceptors (Lipinski definition) is 7. The van der Waals surface area contributed by atoms with Crippen molar-refractivity contribution in [3.05, 3.63) is 82.9 Å². The molecule has 3 atom stereocenters. The number of ether oxygens (including phenoxy) is 1. The Morgan fingerprint density at radius 3 is 2.30 bits per heavy atom. The van der Waals surface area contributed by atoms with E-state index in [-0.39, 0.29) is 53.4 Å². The van der Waals surface area contributed by atoms with Gasteiger partial charge in [-0.1, -0.05) is 36.2 Å². The number of aliphatic hydroxyl groups is 1. The normalized spacial score (nSPS) is 18.7. The molecule has 10 nitrogen and oxygen atoms in total. The van der Waals surface area contributed by atoms with E-state index in [9.17, 15) is 26.7 Å². The molecule has 2 N–H and O–H groups in total. The summed E-state index contributed by atoms with van der Waals surface area (Å²) < 4.78 is 62.9. The second-order valence-electron chi connectivity index (χ2n) is 10.9. The Labute approximate surface area is 258 Å². The summed E-state index contributed by atoms with van der Waals surface area (Å²) in [4.78, 5) is 15.2. The molecule has 1 amide bonds. The first kappa shape index (κ1) is 32.7. The molecule has 43 heavy (non-hydrogen) atoms. The van der Waals surface area contributed by atoms with Crippen LogP contribution in [0.4, 0.5) is 5.69 Å². The molecule has 4 rings (SSSR count). The highest BCUT2D eigenvalue weighted by Crippen LogP contribution is 2.31. The topological polar surface area (TPSA) is 133 Å². The Morgan fingerprint density at radius 1 is 1.05 bits per heavy atom. The van der Waals surface area contributed by atoms with E-state index in [2.05, 4.69) is 4.72 Å². The fourth-order valence-corrected chi connectivity index (χ4v) is 7.14. The number of nitrogens with one attached hydrogen (secondary N) is 1. The highest BCUT2D eigenvalue weighted by Gasteiger charge is 2.33. The minimum atomic E-state index is -3.95. The molecule has 0 radical (unpaired) electrons. The summed E-state index contributed by atoms with van der Waals surface area (Å²) in [5.41, 5.74) is 1.57. The Hall–Kier alpha value is -3.16. The lowest BCUT2D eigenvalue weighted by Crippen LogP contribution is -2.48. The molecule has 13 heteroatoms. The number of aryl methyl sites for hydroxylation is 1. The Bertz CT molecular complexity index is 1660. The zero-order valence-corrected chi connectivity index (χ0v) is 26.8. The van der Waals surface area contributed by atoms with Crippen molar-refractivity contribution in [2.75, 3.05) is 31.5 Å². The van der Waals surface area contributed by atoms with Crippen LogP contribution in [0, 0.1) is 12.8 Å². The number of amides is 1. The van der Waals surface area contributed by atoms with Gasteiger partial charge in [0.05, 0.1) is 35.4 Å². The van der Waals surface area contributed by atoms with Gasteiger partial charge in [0.15, 0.2) is 0 Å². The highest BCUT2D eigenvalue weighted by molar-refractivity contribution is 7.92. The van der Waals surface area contributed by atoms with Crippen LogP contribution in [0.25, 0.3) is 0 Å². The molecule has 0 unspecified atom stereocenters. The molecular formula is C30H36ClN3O7S2. The van der Waals surface area contributed by atoms with Gasteiger partial charge in [-0.2, -0.15) is 4.31 Å². The van der Waals surface area contributed by atoms with Crippen LogP contribution in [0.1, 0.15) is 25.0 Å². The van der Waals surface area contributed by atoms with E-state index in [1.165, 1.54) is 47.8 Å². The first-order valence-corrected chi connectivity index (χ1v) is 17.0. The second-order valence-corrected chi connectivity index (χ2v) is 15.0. The predicted octanol–water partition coefficient (Wildman–Crippen LogP) is 3.92. The number of nitrogens with zero attached hydrogens (tertiary/aromatic N) is 2. The third-order valence-electron chi connectivity index (χ3n) is 7.46. The first-order chi connectivity index (χ1) is 20.2. The molecule has 0 bridgehead atoms. The van der Waals surface area contributed by atoms with Crippen molar-refractivity contribution in [1.82, 2.24) is 9.21 Å². The van der Waals surface area contributed by atoms with E-state index < -0.39 is 32.2 Å². The standard InChI is InChI=1S/C30H36ClN3O7S2/c1-20-5-10-27(11-6-20)43(39,40)33(4)18-29-21(2)17-34(22(3)19-35)30(36)16-23-15-25(9-14-28(23)41-29)32-42(37,38)26-12-7-24(31)8-13-26/h5-15,21-22,29,32,35H,16-19H2,1-4H3/t21-,22+,29+/m0/s1. The molecule has 0 aromatic heterocycles.